The number of aromatic nitrogens is 2. The highest BCUT2D eigenvalue weighted by Gasteiger charge is 2.47. The maximum Gasteiger partial charge on any atom is 0.273 e. The Morgan fingerprint density at radius 2 is 2.00 bits per heavy atom. The van der Waals surface area contributed by atoms with Gasteiger partial charge in [0.25, 0.3) is 5.91 Å². The van der Waals surface area contributed by atoms with Crippen molar-refractivity contribution in [1.29, 1.82) is 0 Å². The maximum atomic E-state index is 12.9. The van der Waals surface area contributed by atoms with Gasteiger partial charge in [0.1, 0.15) is 16.9 Å². The Hall–Kier alpha value is -2.22. The first-order chi connectivity index (χ1) is 15.3. The first-order valence-electron chi connectivity index (χ1n) is 12.2. The molecule has 8 nitrogen and oxygen atoms in total. The van der Waals surface area contributed by atoms with Gasteiger partial charge in [-0.05, 0) is 52.6 Å². The van der Waals surface area contributed by atoms with Crippen LogP contribution in [0.4, 0.5) is 0 Å². The van der Waals surface area contributed by atoms with E-state index in [4.69, 9.17) is 0 Å². The summed E-state index contributed by atoms with van der Waals surface area (Å²) in [5.74, 6) is -0.406. The molecule has 2 N–H and O–H groups in total. The van der Waals surface area contributed by atoms with Gasteiger partial charge >= 0.3 is 0 Å². The van der Waals surface area contributed by atoms with Crippen molar-refractivity contribution in [2.75, 3.05) is 13.6 Å². The number of hydrogen-bond donors (Lipinski definition) is 2. The molecule has 0 bridgehead atoms. The summed E-state index contributed by atoms with van der Waals surface area (Å²) in [6.45, 7) is 8.78. The van der Waals surface area contributed by atoms with E-state index in [9.17, 15) is 14.4 Å². The smallest absolute Gasteiger partial charge is 0.273 e. The molecule has 0 saturated heterocycles. The lowest BCUT2D eigenvalue weighted by atomic mass is 9.94. The Morgan fingerprint density at radius 1 is 1.31 bits per heavy atom. The highest BCUT2D eigenvalue weighted by atomic mass is 16.2. The largest absolute Gasteiger partial charge is 0.351 e. The quantitative estimate of drug-likeness (QED) is 0.567. The molecule has 1 aliphatic carbocycles. The number of unbranched alkanes of at least 4 members (excludes halogenated alkanes) is 1. The SMILES string of the molecule is CCCCC(CC)NC.CCN1C(=O)c2cc(C=O)nn2CC1(C)C(=O)NC1CCCC1. The number of aldehydes is 1. The molecule has 1 fully saturated rings. The summed E-state index contributed by atoms with van der Waals surface area (Å²) >= 11 is 0. The van der Waals surface area contributed by atoms with Crippen molar-refractivity contribution >= 4 is 18.1 Å². The Balaban J connectivity index is 0.000000344. The molecular weight excluding hydrogens is 406 g/mol. The van der Waals surface area contributed by atoms with Gasteiger partial charge in [0, 0.05) is 18.6 Å². The number of amides is 2. The highest BCUT2D eigenvalue weighted by molar-refractivity contribution is 6.00. The van der Waals surface area contributed by atoms with Crippen molar-refractivity contribution < 1.29 is 14.4 Å². The third kappa shape index (κ3) is 5.97. The number of carbonyl (C=O) groups is 3. The molecule has 0 spiro atoms. The number of nitrogens with zero attached hydrogens (tertiary/aromatic N) is 3. The predicted octanol–water partition coefficient (Wildman–Crippen LogP) is 3.16. The summed E-state index contributed by atoms with van der Waals surface area (Å²) in [6.07, 6.45) is 10.1. The summed E-state index contributed by atoms with van der Waals surface area (Å²) in [4.78, 5) is 38.1. The molecule has 2 atom stereocenters. The van der Waals surface area contributed by atoms with Crippen LogP contribution in [0.5, 0.6) is 0 Å². The Labute approximate surface area is 192 Å². The van der Waals surface area contributed by atoms with Crippen LogP contribution in [0.1, 0.15) is 100 Å². The van der Waals surface area contributed by atoms with Crippen LogP contribution in [0.15, 0.2) is 6.07 Å². The molecule has 0 radical (unpaired) electrons. The topological polar surface area (TPSA) is 96.3 Å². The zero-order chi connectivity index (χ0) is 23.7. The van der Waals surface area contributed by atoms with Crippen LogP contribution in [0.2, 0.25) is 0 Å². The molecule has 32 heavy (non-hydrogen) atoms. The van der Waals surface area contributed by atoms with Gasteiger partial charge in [0.15, 0.2) is 6.29 Å². The second-order valence-electron chi connectivity index (χ2n) is 9.04. The van der Waals surface area contributed by atoms with Crippen molar-refractivity contribution in [3.63, 3.8) is 0 Å². The van der Waals surface area contributed by atoms with E-state index in [2.05, 4.69) is 29.6 Å². The van der Waals surface area contributed by atoms with Crippen molar-refractivity contribution in [1.82, 2.24) is 25.3 Å². The molecule has 0 aromatic carbocycles. The minimum Gasteiger partial charge on any atom is -0.351 e. The van der Waals surface area contributed by atoms with Gasteiger partial charge in [-0.2, -0.15) is 5.10 Å². The summed E-state index contributed by atoms with van der Waals surface area (Å²) in [7, 11) is 2.05. The standard InChI is InChI=1S/C16H22N4O3.C8H19N/c1-3-19-14(22)13-8-12(9-21)18-20(13)10-16(19,2)15(23)17-11-6-4-5-7-11;1-4-6-7-8(5-2)9-3/h8-9,11H,3-7,10H2,1-2H3,(H,17,23);8-9H,4-7H2,1-3H3. The third-order valence-electron chi connectivity index (χ3n) is 6.74. The van der Waals surface area contributed by atoms with Gasteiger partial charge in [-0.25, -0.2) is 0 Å². The number of hydrogen-bond acceptors (Lipinski definition) is 5. The van der Waals surface area contributed by atoms with E-state index in [1.807, 2.05) is 14.0 Å². The fourth-order valence-corrected chi connectivity index (χ4v) is 4.63. The number of carbonyl (C=O) groups excluding carboxylic acids is 3. The van der Waals surface area contributed by atoms with Crippen LogP contribution >= 0.6 is 0 Å². The van der Waals surface area contributed by atoms with Crippen LogP contribution in [-0.4, -0.2) is 64.0 Å². The lowest BCUT2D eigenvalue weighted by Gasteiger charge is -2.43. The first-order valence-corrected chi connectivity index (χ1v) is 12.2. The molecule has 1 aromatic heterocycles. The van der Waals surface area contributed by atoms with Crippen LogP contribution in [-0.2, 0) is 11.3 Å². The summed E-state index contributed by atoms with van der Waals surface area (Å²) in [6, 6.07) is 2.43. The zero-order valence-electron chi connectivity index (χ0n) is 20.4. The van der Waals surface area contributed by atoms with Gasteiger partial charge in [-0.15, -0.1) is 0 Å². The minimum absolute atomic E-state index is 0.145. The Kier molecular flexibility index (Phi) is 9.87. The minimum atomic E-state index is -0.992. The van der Waals surface area contributed by atoms with Crippen LogP contribution in [0.25, 0.3) is 0 Å². The summed E-state index contributed by atoms with van der Waals surface area (Å²) in [5.41, 5.74) is -0.418. The van der Waals surface area contributed by atoms with Crippen LogP contribution < -0.4 is 10.6 Å². The fourth-order valence-electron chi connectivity index (χ4n) is 4.63. The normalized spacial score (nSPS) is 21.5. The van der Waals surface area contributed by atoms with Crippen molar-refractivity contribution in [2.24, 2.45) is 0 Å². The van der Waals surface area contributed by atoms with Crippen molar-refractivity contribution in [3.05, 3.63) is 17.5 Å². The summed E-state index contributed by atoms with van der Waals surface area (Å²) in [5, 5.41) is 10.5. The van der Waals surface area contributed by atoms with Crippen LogP contribution in [0, 0.1) is 0 Å². The van der Waals surface area contributed by atoms with Crippen LogP contribution in [0.3, 0.4) is 0 Å². The number of likely N-dealkylation sites (N-methyl/N-ethyl adjacent to an activating group) is 1. The van der Waals surface area contributed by atoms with Crippen molar-refractivity contribution in [2.45, 2.75) is 103 Å². The van der Waals surface area contributed by atoms with E-state index in [-0.39, 0.29) is 30.1 Å². The number of nitrogens with one attached hydrogen (secondary N) is 2. The van der Waals surface area contributed by atoms with E-state index in [1.165, 1.54) is 36.4 Å². The van der Waals surface area contributed by atoms with Gasteiger partial charge in [-0.1, -0.05) is 39.5 Å². The first kappa shape index (κ1) is 26.0. The second-order valence-corrected chi connectivity index (χ2v) is 9.04. The molecule has 2 unspecified atom stereocenters. The van der Waals surface area contributed by atoms with E-state index < -0.39 is 5.54 Å². The van der Waals surface area contributed by atoms with Gasteiger partial charge in [-0.3, -0.25) is 19.1 Å². The molecule has 2 amide bonds. The summed E-state index contributed by atoms with van der Waals surface area (Å²) < 4.78 is 1.48. The monoisotopic (exact) mass is 447 g/mol. The lowest BCUT2D eigenvalue weighted by molar-refractivity contribution is -0.133. The highest BCUT2D eigenvalue weighted by Crippen LogP contribution is 2.28. The number of rotatable bonds is 9. The molecule has 2 heterocycles. The van der Waals surface area contributed by atoms with Crippen molar-refractivity contribution in [3.8, 4) is 0 Å². The zero-order valence-corrected chi connectivity index (χ0v) is 20.4. The molecular formula is C24H41N5O3. The molecule has 1 aromatic rings. The maximum absolute atomic E-state index is 12.9. The Morgan fingerprint density at radius 3 is 2.53 bits per heavy atom. The molecule has 3 rings (SSSR count). The van der Waals surface area contributed by atoms with E-state index >= 15 is 0 Å². The fraction of sp³-hybridized carbons (Fsp3) is 0.750. The van der Waals surface area contributed by atoms with E-state index in [1.54, 1.807) is 11.8 Å². The Bertz CT molecular complexity index is 768. The molecule has 8 heteroatoms. The molecule has 2 aliphatic rings. The molecule has 1 saturated carbocycles. The predicted molar refractivity (Wildman–Crippen MR) is 126 cm³/mol. The molecule has 1 aliphatic heterocycles. The van der Waals surface area contributed by atoms with E-state index in [0.717, 1.165) is 31.7 Å². The number of fused-ring (bicyclic) bond motifs is 1. The average molecular weight is 448 g/mol. The second kappa shape index (κ2) is 12.1. The lowest BCUT2D eigenvalue weighted by Crippen LogP contribution is -2.64. The van der Waals surface area contributed by atoms with Gasteiger partial charge in [0.05, 0.1) is 6.54 Å². The van der Waals surface area contributed by atoms with E-state index in [0.29, 0.717) is 18.5 Å². The average Bonchev–Trinajstić information content (AvgIpc) is 3.45. The van der Waals surface area contributed by atoms with Gasteiger partial charge in [0.2, 0.25) is 5.91 Å². The van der Waals surface area contributed by atoms with Gasteiger partial charge < -0.3 is 15.5 Å². The molecule has 180 valence electrons. The third-order valence-corrected chi connectivity index (χ3v) is 6.74.